The Bertz CT molecular complexity index is 870. The monoisotopic (exact) mass is 369 g/mol. The fourth-order valence-corrected chi connectivity index (χ4v) is 4.38. The highest BCUT2D eigenvalue weighted by molar-refractivity contribution is 6.01. The minimum absolute atomic E-state index is 0.0524. The molecule has 1 aliphatic heterocycles. The van der Waals surface area contributed by atoms with Gasteiger partial charge in [0.15, 0.2) is 5.78 Å². The number of carbonyl (C=O) groups excluding carboxylic acids is 1. The smallest absolute Gasteiger partial charge is 0.172 e. The second kappa shape index (κ2) is 8.99. The summed E-state index contributed by atoms with van der Waals surface area (Å²) >= 11 is 0. The molecule has 2 nitrogen and oxygen atoms in total. The molecule has 28 heavy (non-hydrogen) atoms. The van der Waals surface area contributed by atoms with Crippen LogP contribution in [-0.4, -0.2) is 23.8 Å². The molecule has 3 aromatic carbocycles. The molecule has 0 N–H and O–H groups in total. The van der Waals surface area contributed by atoms with E-state index >= 15 is 0 Å². The molecular weight excluding hydrogens is 342 g/mol. The average molecular weight is 370 g/mol. The molecule has 0 saturated carbocycles. The van der Waals surface area contributed by atoms with E-state index in [1.807, 2.05) is 54.6 Å². The minimum atomic E-state index is -0.218. The summed E-state index contributed by atoms with van der Waals surface area (Å²) in [5.41, 5.74) is 3.10. The number of piperidine rings is 1. The molecule has 142 valence electrons. The summed E-state index contributed by atoms with van der Waals surface area (Å²) in [5.74, 6) is -0.0182. The number of likely N-dealkylation sites (tertiary alicyclic amines) is 1. The van der Waals surface area contributed by atoms with Crippen molar-refractivity contribution in [3.8, 4) is 0 Å². The summed E-state index contributed by atoms with van der Waals surface area (Å²) in [6, 6.07) is 30.7. The molecule has 0 spiro atoms. The van der Waals surface area contributed by atoms with E-state index in [0.717, 1.165) is 24.2 Å². The zero-order valence-corrected chi connectivity index (χ0v) is 16.2. The van der Waals surface area contributed by atoms with E-state index in [2.05, 4.69) is 41.3 Å². The fraction of sp³-hybridized carbons (Fsp3) is 0.269. The van der Waals surface area contributed by atoms with E-state index < -0.39 is 0 Å². The van der Waals surface area contributed by atoms with Gasteiger partial charge >= 0.3 is 0 Å². The van der Waals surface area contributed by atoms with E-state index in [-0.39, 0.29) is 17.7 Å². The molecule has 4 rings (SSSR count). The van der Waals surface area contributed by atoms with Crippen molar-refractivity contribution >= 4 is 5.78 Å². The maximum absolute atomic E-state index is 13.8. The van der Waals surface area contributed by atoms with Crippen LogP contribution in [0, 0.1) is 0 Å². The van der Waals surface area contributed by atoms with Gasteiger partial charge in [0.25, 0.3) is 0 Å². The Hall–Kier alpha value is -2.71. The van der Waals surface area contributed by atoms with E-state index in [4.69, 9.17) is 0 Å². The molecular formula is C26H27NO. The van der Waals surface area contributed by atoms with Crippen LogP contribution in [0.25, 0.3) is 0 Å². The molecule has 3 aromatic rings. The summed E-state index contributed by atoms with van der Waals surface area (Å²) < 4.78 is 0. The lowest BCUT2D eigenvalue weighted by Crippen LogP contribution is -2.39. The summed E-state index contributed by atoms with van der Waals surface area (Å²) in [6.07, 6.45) is 3.68. The van der Waals surface area contributed by atoms with Gasteiger partial charge in [-0.3, -0.25) is 9.69 Å². The summed E-state index contributed by atoms with van der Waals surface area (Å²) in [7, 11) is 0. The van der Waals surface area contributed by atoms with Crippen LogP contribution in [0.1, 0.15) is 52.7 Å². The van der Waals surface area contributed by atoms with Gasteiger partial charge in [-0.05, 0) is 37.1 Å². The maximum atomic E-state index is 13.8. The van der Waals surface area contributed by atoms with E-state index in [1.165, 1.54) is 24.8 Å². The molecule has 0 aliphatic carbocycles. The van der Waals surface area contributed by atoms with Gasteiger partial charge in [0.2, 0.25) is 0 Å². The van der Waals surface area contributed by atoms with Crippen molar-refractivity contribution in [3.05, 3.63) is 108 Å². The van der Waals surface area contributed by atoms with E-state index in [1.54, 1.807) is 0 Å². The van der Waals surface area contributed by atoms with Crippen LogP contribution in [0.3, 0.4) is 0 Å². The molecule has 1 heterocycles. The number of carbonyl (C=O) groups is 1. The van der Waals surface area contributed by atoms with Crippen molar-refractivity contribution in [3.63, 3.8) is 0 Å². The van der Waals surface area contributed by atoms with Crippen molar-refractivity contribution in [1.82, 2.24) is 4.90 Å². The number of hydrogen-bond acceptors (Lipinski definition) is 2. The number of hydrogen-bond donors (Lipinski definition) is 0. The number of Topliss-reactive ketones (excluding diaryl/α,β-unsaturated/α-hetero) is 1. The predicted molar refractivity (Wildman–Crippen MR) is 115 cm³/mol. The van der Waals surface area contributed by atoms with Crippen LogP contribution < -0.4 is 0 Å². The number of benzene rings is 3. The highest BCUT2D eigenvalue weighted by atomic mass is 16.1. The van der Waals surface area contributed by atoms with Crippen molar-refractivity contribution in [2.24, 2.45) is 0 Å². The Balaban J connectivity index is 1.82. The Morgan fingerprint density at radius 2 is 1.14 bits per heavy atom. The van der Waals surface area contributed by atoms with E-state index in [9.17, 15) is 4.79 Å². The first-order valence-electron chi connectivity index (χ1n) is 10.3. The van der Waals surface area contributed by atoms with Gasteiger partial charge in [-0.25, -0.2) is 0 Å². The Kier molecular flexibility index (Phi) is 5.98. The minimum Gasteiger partial charge on any atom is -0.295 e. The van der Waals surface area contributed by atoms with Crippen LogP contribution in [0.4, 0.5) is 0 Å². The molecule has 2 atom stereocenters. The first-order valence-corrected chi connectivity index (χ1v) is 10.3. The second-order valence-electron chi connectivity index (χ2n) is 7.57. The lowest BCUT2D eigenvalue weighted by Gasteiger charge is -2.39. The summed E-state index contributed by atoms with van der Waals surface area (Å²) in [4.78, 5) is 16.3. The predicted octanol–water partition coefficient (Wildman–Crippen LogP) is 5.88. The van der Waals surface area contributed by atoms with Crippen molar-refractivity contribution in [2.75, 3.05) is 13.1 Å². The van der Waals surface area contributed by atoms with Gasteiger partial charge < -0.3 is 0 Å². The first-order chi connectivity index (χ1) is 13.8. The number of nitrogens with zero attached hydrogens (tertiary/aromatic N) is 1. The zero-order valence-electron chi connectivity index (χ0n) is 16.2. The highest BCUT2D eigenvalue weighted by Gasteiger charge is 2.36. The molecule has 2 heteroatoms. The molecule has 1 saturated heterocycles. The van der Waals surface area contributed by atoms with Gasteiger partial charge in [-0.2, -0.15) is 0 Å². The maximum Gasteiger partial charge on any atom is 0.172 e. The molecule has 1 aliphatic rings. The van der Waals surface area contributed by atoms with Crippen LogP contribution in [0.2, 0.25) is 0 Å². The Labute approximate surface area is 167 Å². The third kappa shape index (κ3) is 4.07. The van der Waals surface area contributed by atoms with Gasteiger partial charge in [0.1, 0.15) is 0 Å². The Morgan fingerprint density at radius 3 is 1.71 bits per heavy atom. The van der Waals surface area contributed by atoms with Crippen LogP contribution in [0.15, 0.2) is 91.0 Å². The molecule has 0 aromatic heterocycles. The average Bonchev–Trinajstić information content (AvgIpc) is 2.79. The van der Waals surface area contributed by atoms with Crippen LogP contribution in [-0.2, 0) is 0 Å². The summed E-state index contributed by atoms with van der Waals surface area (Å²) in [5, 5.41) is 0. The quantitative estimate of drug-likeness (QED) is 0.506. The molecule has 0 unspecified atom stereocenters. The lowest BCUT2D eigenvalue weighted by molar-refractivity contribution is 0.0835. The molecule has 1 fully saturated rings. The number of rotatable bonds is 6. The van der Waals surface area contributed by atoms with Crippen molar-refractivity contribution in [1.29, 1.82) is 0 Å². The number of ketones is 1. The first kappa shape index (κ1) is 18.6. The molecule has 0 amide bonds. The van der Waals surface area contributed by atoms with Gasteiger partial charge in [0, 0.05) is 11.6 Å². The van der Waals surface area contributed by atoms with Crippen LogP contribution >= 0.6 is 0 Å². The van der Waals surface area contributed by atoms with Gasteiger partial charge in [-0.1, -0.05) is 97.4 Å². The SMILES string of the molecule is O=C(c1ccccc1)[C@@H](c1ccccc1)[C@@H](c1ccccc1)N1CCCCC1. The normalized spacial score (nSPS) is 17.0. The fourth-order valence-electron chi connectivity index (χ4n) is 4.38. The zero-order chi connectivity index (χ0) is 19.2. The lowest BCUT2D eigenvalue weighted by atomic mass is 9.80. The van der Waals surface area contributed by atoms with Crippen molar-refractivity contribution < 1.29 is 4.79 Å². The van der Waals surface area contributed by atoms with Crippen molar-refractivity contribution in [2.45, 2.75) is 31.2 Å². The van der Waals surface area contributed by atoms with Gasteiger partial charge in [0.05, 0.1) is 5.92 Å². The summed E-state index contributed by atoms with van der Waals surface area (Å²) in [6.45, 7) is 2.09. The third-order valence-corrected chi connectivity index (χ3v) is 5.74. The van der Waals surface area contributed by atoms with Gasteiger partial charge in [-0.15, -0.1) is 0 Å². The van der Waals surface area contributed by atoms with E-state index in [0.29, 0.717) is 0 Å². The van der Waals surface area contributed by atoms with Crippen LogP contribution in [0.5, 0.6) is 0 Å². The molecule has 0 radical (unpaired) electrons. The topological polar surface area (TPSA) is 20.3 Å². The highest BCUT2D eigenvalue weighted by Crippen LogP contribution is 2.39. The largest absolute Gasteiger partial charge is 0.295 e. The second-order valence-corrected chi connectivity index (χ2v) is 7.57. The standard InChI is InChI=1S/C26H27NO/c28-26(23-17-9-3-10-18-23)24(21-13-5-1-6-14-21)25(22-15-7-2-8-16-22)27-19-11-4-12-20-27/h1-3,5-10,13-18,24-25H,4,11-12,19-20H2/t24-,25+/m0/s1. The Morgan fingerprint density at radius 1 is 0.643 bits per heavy atom. The third-order valence-electron chi connectivity index (χ3n) is 5.74. The molecule has 0 bridgehead atoms.